The van der Waals surface area contributed by atoms with Crippen LogP contribution >= 0.6 is 0 Å². The van der Waals surface area contributed by atoms with Gasteiger partial charge in [-0.25, -0.2) is 19.2 Å². The molecule has 1 aliphatic carbocycles. The lowest BCUT2D eigenvalue weighted by atomic mass is 10.00. The zero-order valence-corrected chi connectivity index (χ0v) is 24.0. The van der Waals surface area contributed by atoms with Crippen molar-refractivity contribution in [3.8, 4) is 11.9 Å². The second kappa shape index (κ2) is 12.3. The third-order valence-electron chi connectivity index (χ3n) is 8.07. The van der Waals surface area contributed by atoms with E-state index in [9.17, 15) is 9.18 Å². The summed E-state index contributed by atoms with van der Waals surface area (Å²) in [6.45, 7) is 3.66. The Morgan fingerprint density at radius 1 is 1.14 bits per heavy atom. The molecule has 0 saturated carbocycles. The van der Waals surface area contributed by atoms with Gasteiger partial charge in [-0.05, 0) is 54.2 Å². The van der Waals surface area contributed by atoms with Crippen LogP contribution in [0.1, 0.15) is 39.6 Å². The number of hydrogen-bond donors (Lipinski definition) is 0. The fourth-order valence-corrected chi connectivity index (χ4v) is 5.93. The van der Waals surface area contributed by atoms with Gasteiger partial charge in [-0.2, -0.15) is 10.2 Å². The van der Waals surface area contributed by atoms with Gasteiger partial charge in [-0.15, -0.1) is 0 Å². The number of allylic oxidation sites excluding steroid dienone is 1. The molecule has 0 radical (unpaired) electrons. The molecule has 220 valence electrons. The number of nitriles is 1. The summed E-state index contributed by atoms with van der Waals surface area (Å²) in [6.07, 6.45) is 4.78. The smallest absolute Gasteiger partial charge is 0.337 e. The van der Waals surface area contributed by atoms with Gasteiger partial charge in [0.05, 0.1) is 48.5 Å². The highest BCUT2D eigenvalue weighted by Crippen LogP contribution is 2.40. The monoisotopic (exact) mass is 582 g/mol. The van der Waals surface area contributed by atoms with Gasteiger partial charge in [0.1, 0.15) is 18.2 Å². The first-order valence-electron chi connectivity index (χ1n) is 14.1. The van der Waals surface area contributed by atoms with Gasteiger partial charge in [0.2, 0.25) is 5.88 Å². The van der Waals surface area contributed by atoms with Crippen molar-refractivity contribution >= 4 is 22.6 Å². The van der Waals surface area contributed by atoms with Crippen molar-refractivity contribution in [3.05, 3.63) is 88.9 Å². The highest BCUT2D eigenvalue weighted by molar-refractivity contribution is 5.93. The molecule has 0 bridgehead atoms. The molecule has 2 unspecified atom stereocenters. The minimum atomic E-state index is -0.482. The average molecular weight is 583 g/mol. The first-order chi connectivity index (χ1) is 20.9. The number of aromatic nitrogens is 4. The molecule has 11 heteroatoms. The van der Waals surface area contributed by atoms with E-state index in [1.165, 1.54) is 13.2 Å². The predicted molar refractivity (Wildman–Crippen MR) is 155 cm³/mol. The maximum absolute atomic E-state index is 14.3. The van der Waals surface area contributed by atoms with Crippen LogP contribution in [0.3, 0.4) is 0 Å². The highest BCUT2D eigenvalue weighted by Gasteiger charge is 2.37. The average Bonchev–Trinajstić information content (AvgIpc) is 3.70. The summed E-state index contributed by atoms with van der Waals surface area (Å²) < 4.78 is 32.4. The molecule has 2 atom stereocenters. The summed E-state index contributed by atoms with van der Waals surface area (Å²) >= 11 is 0. The number of nitrogens with zero attached hydrogens (tertiary/aromatic N) is 6. The summed E-state index contributed by atoms with van der Waals surface area (Å²) in [6, 6.07) is 13.3. The molecule has 43 heavy (non-hydrogen) atoms. The largest absolute Gasteiger partial charge is 0.473 e. The van der Waals surface area contributed by atoms with Crippen molar-refractivity contribution in [2.24, 2.45) is 11.8 Å². The molecule has 0 N–H and O–H groups in total. The first kappa shape index (κ1) is 28.5. The number of fused-ring (bicyclic) bond motifs is 2. The Kier molecular flexibility index (Phi) is 8.13. The second-order valence-corrected chi connectivity index (χ2v) is 10.8. The highest BCUT2D eigenvalue weighted by atomic mass is 19.1. The predicted octanol–water partition coefficient (Wildman–Crippen LogP) is 4.38. The molecule has 2 aliphatic rings. The van der Waals surface area contributed by atoms with Crippen LogP contribution in [-0.4, -0.2) is 64.3 Å². The lowest BCUT2D eigenvalue weighted by Gasteiger charge is -2.18. The van der Waals surface area contributed by atoms with Crippen LogP contribution in [0.2, 0.25) is 0 Å². The van der Waals surface area contributed by atoms with Crippen LogP contribution < -0.4 is 4.74 Å². The number of ether oxygens (including phenoxy) is 3. The number of rotatable bonds is 10. The Labute approximate surface area is 248 Å². The number of likely N-dealkylation sites (tertiary alicyclic amines) is 1. The summed E-state index contributed by atoms with van der Waals surface area (Å²) in [5, 5.41) is 8.94. The summed E-state index contributed by atoms with van der Waals surface area (Å²) in [7, 11) is 3.05. The van der Waals surface area contributed by atoms with Gasteiger partial charge in [-0.1, -0.05) is 12.1 Å². The van der Waals surface area contributed by atoms with E-state index in [1.807, 2.05) is 18.2 Å². The van der Waals surface area contributed by atoms with Gasteiger partial charge >= 0.3 is 5.97 Å². The molecule has 4 aromatic rings. The Bertz CT molecular complexity index is 1750. The van der Waals surface area contributed by atoms with Crippen molar-refractivity contribution in [3.63, 3.8) is 0 Å². The summed E-state index contributed by atoms with van der Waals surface area (Å²) in [5.74, 6) is 1.89. The van der Waals surface area contributed by atoms with Crippen molar-refractivity contribution < 1.29 is 23.4 Å². The zero-order valence-electron chi connectivity index (χ0n) is 24.0. The molecule has 0 spiro atoms. The van der Waals surface area contributed by atoms with Crippen LogP contribution in [0, 0.1) is 29.0 Å². The van der Waals surface area contributed by atoms with Gasteiger partial charge in [-0.3, -0.25) is 4.90 Å². The third kappa shape index (κ3) is 5.98. The minimum Gasteiger partial charge on any atom is -0.473 e. The quantitative estimate of drug-likeness (QED) is 0.251. The van der Waals surface area contributed by atoms with Crippen molar-refractivity contribution in [2.45, 2.75) is 26.1 Å². The van der Waals surface area contributed by atoms with Crippen molar-refractivity contribution in [2.75, 3.05) is 33.9 Å². The standard InChI is InChI=1S/C32H31FN6O4/c1-41-10-9-39-28-14-21(32(40)42-2)5-6-27(28)36-29(39)18-38-16-24-12-23(13-25(24)17-38)31-35-8-7-30(37-31)43-19-22-4-3-20(15-34)11-26(22)33/h3-8,11-12,14,24-25H,9-10,13,16-19H2,1-2H3. The van der Waals surface area contributed by atoms with Crippen molar-refractivity contribution in [1.82, 2.24) is 24.4 Å². The SMILES string of the molecule is COCCn1c(CN2CC3C=C(c4nccc(OCc5ccc(C#N)cc5F)n4)CC3C2)nc2ccc(C(=O)OC)cc21. The lowest BCUT2D eigenvalue weighted by molar-refractivity contribution is 0.0601. The molecule has 1 aliphatic heterocycles. The second-order valence-electron chi connectivity index (χ2n) is 10.8. The van der Waals surface area contributed by atoms with E-state index in [4.69, 9.17) is 24.5 Å². The molecule has 2 aromatic heterocycles. The minimum absolute atomic E-state index is 0.00636. The number of imidazole rings is 1. The van der Waals surface area contributed by atoms with E-state index < -0.39 is 5.82 Å². The van der Waals surface area contributed by atoms with Crippen LogP contribution in [0.4, 0.5) is 4.39 Å². The van der Waals surface area contributed by atoms with Crippen LogP contribution in [0.5, 0.6) is 5.88 Å². The fourth-order valence-electron chi connectivity index (χ4n) is 5.93. The van der Waals surface area contributed by atoms with E-state index in [2.05, 4.69) is 25.5 Å². The van der Waals surface area contributed by atoms with E-state index >= 15 is 0 Å². The van der Waals surface area contributed by atoms with Gasteiger partial charge in [0.25, 0.3) is 0 Å². The van der Waals surface area contributed by atoms with E-state index in [1.54, 1.807) is 37.6 Å². The number of methoxy groups -OCH3 is 2. The Balaban J connectivity index is 1.13. The number of carbonyl (C=O) groups is 1. The van der Waals surface area contributed by atoms with Crippen LogP contribution in [0.15, 0.2) is 54.7 Å². The van der Waals surface area contributed by atoms with Crippen LogP contribution in [-0.2, 0) is 29.2 Å². The van der Waals surface area contributed by atoms with Gasteiger partial charge in [0.15, 0.2) is 5.82 Å². The number of carbonyl (C=O) groups excluding carboxylic acids is 1. The number of halogens is 1. The maximum atomic E-state index is 14.3. The molecule has 10 nitrogen and oxygen atoms in total. The number of benzene rings is 2. The molecular weight excluding hydrogens is 551 g/mol. The van der Waals surface area contributed by atoms with Crippen molar-refractivity contribution in [1.29, 1.82) is 5.26 Å². The molecule has 1 saturated heterocycles. The number of esters is 1. The Morgan fingerprint density at radius 3 is 2.79 bits per heavy atom. The van der Waals surface area contributed by atoms with E-state index in [-0.39, 0.29) is 18.1 Å². The maximum Gasteiger partial charge on any atom is 0.337 e. The van der Waals surface area contributed by atoms with Crippen LogP contribution in [0.25, 0.3) is 16.6 Å². The topological polar surface area (TPSA) is 115 Å². The van der Waals surface area contributed by atoms with E-state index in [0.29, 0.717) is 54.4 Å². The van der Waals surface area contributed by atoms with Gasteiger partial charge in [0, 0.05) is 44.6 Å². The Hall–Kier alpha value is -4.66. The molecular formula is C32H31FN6O4. The fraction of sp³-hybridized carbons (Fsp3) is 0.344. The Morgan fingerprint density at radius 2 is 2.02 bits per heavy atom. The summed E-state index contributed by atoms with van der Waals surface area (Å²) in [4.78, 5) is 28.5. The number of hydrogen-bond acceptors (Lipinski definition) is 9. The lowest BCUT2D eigenvalue weighted by Crippen LogP contribution is -2.24. The van der Waals surface area contributed by atoms with E-state index in [0.717, 1.165) is 41.9 Å². The zero-order chi connectivity index (χ0) is 29.9. The molecule has 0 amide bonds. The first-order valence-corrected chi connectivity index (χ1v) is 14.1. The summed E-state index contributed by atoms with van der Waals surface area (Å²) in [5.41, 5.74) is 3.92. The molecule has 2 aromatic carbocycles. The molecule has 3 heterocycles. The third-order valence-corrected chi connectivity index (χ3v) is 8.07. The molecule has 6 rings (SSSR count). The molecule has 1 fully saturated rings. The normalized spacial score (nSPS) is 18.0. The van der Waals surface area contributed by atoms with Gasteiger partial charge < -0.3 is 18.8 Å².